The number of hydrogen-bond donors (Lipinski definition) is 1. The first-order valence-electron chi connectivity index (χ1n) is 7.60. The Hall–Kier alpha value is -2.17. The lowest BCUT2D eigenvalue weighted by molar-refractivity contribution is -0.137. The van der Waals surface area contributed by atoms with Crippen molar-refractivity contribution in [3.8, 4) is 0 Å². The van der Waals surface area contributed by atoms with Gasteiger partial charge in [0.25, 0.3) is 0 Å². The Kier molecular flexibility index (Phi) is 4.96. The number of aliphatic carboxylic acids is 1. The molecule has 0 amide bonds. The molecular formula is C17H22N2O3. The predicted molar refractivity (Wildman–Crippen MR) is 85.1 cm³/mol. The van der Waals surface area contributed by atoms with Gasteiger partial charge in [0.15, 0.2) is 5.78 Å². The van der Waals surface area contributed by atoms with Crippen molar-refractivity contribution in [3.05, 3.63) is 29.6 Å². The molecule has 0 unspecified atom stereocenters. The molecule has 0 saturated carbocycles. The molecule has 0 aliphatic carbocycles. The Balaban J connectivity index is 2.39. The first-order valence-corrected chi connectivity index (χ1v) is 7.60. The fourth-order valence-electron chi connectivity index (χ4n) is 2.56. The number of aryl methyl sites for hydroxylation is 1. The molecular weight excluding hydrogens is 280 g/mol. The molecule has 0 fully saturated rings. The number of hydrogen-bond acceptors (Lipinski definition) is 3. The molecule has 118 valence electrons. The van der Waals surface area contributed by atoms with Gasteiger partial charge in [-0.05, 0) is 37.5 Å². The van der Waals surface area contributed by atoms with Crippen molar-refractivity contribution >= 4 is 22.8 Å². The van der Waals surface area contributed by atoms with Gasteiger partial charge in [-0.2, -0.15) is 0 Å². The zero-order chi connectivity index (χ0) is 16.3. The number of rotatable bonds is 7. The number of Topliss-reactive ketones (excluding diaryl/α,β-unsaturated/α-hetero) is 1. The third kappa shape index (κ3) is 3.72. The number of carboxylic acids is 1. The number of carbonyl (C=O) groups excluding carboxylic acids is 1. The van der Waals surface area contributed by atoms with Gasteiger partial charge in [-0.3, -0.25) is 9.59 Å². The molecule has 22 heavy (non-hydrogen) atoms. The van der Waals surface area contributed by atoms with Crippen LogP contribution in [0.5, 0.6) is 0 Å². The van der Waals surface area contributed by atoms with E-state index in [2.05, 4.69) is 23.4 Å². The summed E-state index contributed by atoms with van der Waals surface area (Å²) in [6.07, 6.45) is 1.55. The van der Waals surface area contributed by atoms with E-state index in [-0.39, 0.29) is 12.2 Å². The molecule has 0 aliphatic heterocycles. The minimum absolute atomic E-state index is 0.0211. The second-order valence-electron chi connectivity index (χ2n) is 6.03. The molecule has 0 aliphatic rings. The lowest BCUT2D eigenvalue weighted by Crippen LogP contribution is -2.08. The number of aromatic nitrogens is 2. The van der Waals surface area contributed by atoms with E-state index in [1.54, 1.807) is 13.0 Å². The topological polar surface area (TPSA) is 72.2 Å². The molecule has 2 rings (SSSR count). The number of nitrogens with zero attached hydrogens (tertiary/aromatic N) is 2. The zero-order valence-electron chi connectivity index (χ0n) is 13.3. The van der Waals surface area contributed by atoms with E-state index in [0.717, 1.165) is 23.3 Å². The van der Waals surface area contributed by atoms with Crippen molar-refractivity contribution in [2.75, 3.05) is 0 Å². The third-order valence-corrected chi connectivity index (χ3v) is 3.60. The molecule has 0 atom stereocenters. The van der Waals surface area contributed by atoms with Crippen LogP contribution >= 0.6 is 0 Å². The Morgan fingerprint density at radius 2 is 2.05 bits per heavy atom. The van der Waals surface area contributed by atoms with Crippen LogP contribution in [0.3, 0.4) is 0 Å². The van der Waals surface area contributed by atoms with Gasteiger partial charge >= 0.3 is 5.97 Å². The molecule has 0 spiro atoms. The van der Waals surface area contributed by atoms with E-state index in [1.807, 2.05) is 12.1 Å². The van der Waals surface area contributed by atoms with E-state index in [4.69, 9.17) is 5.11 Å². The number of carbonyl (C=O) groups is 2. The second kappa shape index (κ2) is 6.73. The third-order valence-electron chi connectivity index (χ3n) is 3.60. The van der Waals surface area contributed by atoms with Crippen molar-refractivity contribution in [1.29, 1.82) is 0 Å². The van der Waals surface area contributed by atoms with Crippen LogP contribution in [0.2, 0.25) is 0 Å². The van der Waals surface area contributed by atoms with Crippen LogP contribution in [0.1, 0.15) is 49.8 Å². The molecule has 0 saturated heterocycles. The minimum atomic E-state index is -0.784. The summed E-state index contributed by atoms with van der Waals surface area (Å²) in [6, 6.07) is 5.53. The average Bonchev–Trinajstić information content (AvgIpc) is 2.74. The predicted octanol–water partition coefficient (Wildman–Crippen LogP) is 3.30. The Bertz CT molecular complexity index is 701. The first-order chi connectivity index (χ1) is 10.4. The highest BCUT2D eigenvalue weighted by Crippen LogP contribution is 2.21. The smallest absolute Gasteiger partial charge is 0.303 e. The normalized spacial score (nSPS) is 11.3. The molecule has 1 aromatic heterocycles. The summed E-state index contributed by atoms with van der Waals surface area (Å²) in [5, 5.41) is 8.81. The van der Waals surface area contributed by atoms with Crippen molar-refractivity contribution in [2.24, 2.45) is 5.92 Å². The summed E-state index contributed by atoms with van der Waals surface area (Å²) in [4.78, 5) is 26.9. The van der Waals surface area contributed by atoms with Crippen LogP contribution in [-0.4, -0.2) is 26.4 Å². The van der Waals surface area contributed by atoms with E-state index in [9.17, 15) is 9.59 Å². The number of imidazole rings is 1. The van der Waals surface area contributed by atoms with Crippen LogP contribution in [0.4, 0.5) is 0 Å². The monoisotopic (exact) mass is 302 g/mol. The van der Waals surface area contributed by atoms with Gasteiger partial charge in [0.1, 0.15) is 5.82 Å². The van der Waals surface area contributed by atoms with Crippen LogP contribution in [0.25, 0.3) is 11.0 Å². The average molecular weight is 302 g/mol. The van der Waals surface area contributed by atoms with Crippen LogP contribution in [0, 0.1) is 5.92 Å². The lowest BCUT2D eigenvalue weighted by atomic mass is 10.1. The highest BCUT2D eigenvalue weighted by atomic mass is 16.4. The maximum Gasteiger partial charge on any atom is 0.303 e. The highest BCUT2D eigenvalue weighted by molar-refractivity contribution is 5.97. The fraction of sp³-hybridized carbons (Fsp3) is 0.471. The molecule has 5 nitrogen and oxygen atoms in total. The van der Waals surface area contributed by atoms with E-state index in [1.165, 1.54) is 0 Å². The molecule has 1 heterocycles. The van der Waals surface area contributed by atoms with Gasteiger partial charge in [0.05, 0.1) is 11.0 Å². The minimum Gasteiger partial charge on any atom is -0.481 e. The van der Waals surface area contributed by atoms with Gasteiger partial charge in [0.2, 0.25) is 0 Å². The van der Waals surface area contributed by atoms with Gasteiger partial charge in [-0.15, -0.1) is 0 Å². The molecule has 0 bridgehead atoms. The number of benzene rings is 1. The van der Waals surface area contributed by atoms with E-state index >= 15 is 0 Å². The van der Waals surface area contributed by atoms with Gasteiger partial charge in [0, 0.05) is 24.9 Å². The van der Waals surface area contributed by atoms with E-state index < -0.39 is 5.97 Å². The SMILES string of the molecule is CC(=O)c1ccc2c(c1)nc(CC(C)C)n2CCCC(=O)O. The van der Waals surface area contributed by atoms with E-state index in [0.29, 0.717) is 24.4 Å². The summed E-state index contributed by atoms with van der Waals surface area (Å²) in [5.41, 5.74) is 2.42. The quantitative estimate of drug-likeness (QED) is 0.796. The molecule has 2 aromatic rings. The van der Waals surface area contributed by atoms with Crippen molar-refractivity contribution < 1.29 is 14.7 Å². The summed E-state index contributed by atoms with van der Waals surface area (Å²) < 4.78 is 2.09. The Morgan fingerprint density at radius 1 is 1.32 bits per heavy atom. The standard InChI is InChI=1S/C17H22N2O3/c1-11(2)9-16-18-14-10-13(12(3)20)6-7-15(14)19(16)8-4-5-17(21)22/h6-7,10-11H,4-5,8-9H2,1-3H3,(H,21,22). The van der Waals surface area contributed by atoms with Crippen LogP contribution in [0.15, 0.2) is 18.2 Å². The molecule has 0 radical (unpaired) electrons. The van der Waals surface area contributed by atoms with Crippen molar-refractivity contribution in [1.82, 2.24) is 9.55 Å². The summed E-state index contributed by atoms with van der Waals surface area (Å²) >= 11 is 0. The lowest BCUT2D eigenvalue weighted by Gasteiger charge is -2.10. The number of ketones is 1. The molecule has 5 heteroatoms. The van der Waals surface area contributed by atoms with Crippen LogP contribution < -0.4 is 0 Å². The van der Waals surface area contributed by atoms with Crippen LogP contribution in [-0.2, 0) is 17.8 Å². The summed E-state index contributed by atoms with van der Waals surface area (Å²) in [6.45, 7) is 6.42. The summed E-state index contributed by atoms with van der Waals surface area (Å²) in [7, 11) is 0. The number of carboxylic acid groups (broad SMARTS) is 1. The zero-order valence-corrected chi connectivity index (χ0v) is 13.3. The fourth-order valence-corrected chi connectivity index (χ4v) is 2.56. The van der Waals surface area contributed by atoms with Gasteiger partial charge in [-0.25, -0.2) is 4.98 Å². The maximum absolute atomic E-state index is 11.5. The van der Waals surface area contributed by atoms with Gasteiger partial charge < -0.3 is 9.67 Å². The van der Waals surface area contributed by atoms with Crippen molar-refractivity contribution in [3.63, 3.8) is 0 Å². The molecule has 1 N–H and O–H groups in total. The number of fused-ring (bicyclic) bond motifs is 1. The maximum atomic E-state index is 11.5. The van der Waals surface area contributed by atoms with Gasteiger partial charge in [-0.1, -0.05) is 13.8 Å². The Morgan fingerprint density at radius 3 is 2.64 bits per heavy atom. The first kappa shape index (κ1) is 16.2. The molecule has 1 aromatic carbocycles. The summed E-state index contributed by atoms with van der Waals surface area (Å²) in [5.74, 6) is 0.653. The largest absolute Gasteiger partial charge is 0.481 e. The highest BCUT2D eigenvalue weighted by Gasteiger charge is 2.13. The Labute approximate surface area is 130 Å². The second-order valence-corrected chi connectivity index (χ2v) is 6.03. The van der Waals surface area contributed by atoms with Crippen molar-refractivity contribution in [2.45, 2.75) is 46.6 Å².